The van der Waals surface area contributed by atoms with E-state index < -0.39 is 0 Å². The number of nitrogens with one attached hydrogen (secondary N) is 1. The zero-order chi connectivity index (χ0) is 12.9. The first kappa shape index (κ1) is 14.2. The van der Waals surface area contributed by atoms with Crippen LogP contribution in [0.5, 0.6) is 0 Å². The third-order valence-electron chi connectivity index (χ3n) is 3.45. The summed E-state index contributed by atoms with van der Waals surface area (Å²) in [6, 6.07) is 8.29. The van der Waals surface area contributed by atoms with Crippen LogP contribution in [0.1, 0.15) is 44.4 Å². The molecule has 1 aromatic rings. The van der Waals surface area contributed by atoms with Gasteiger partial charge in [0.05, 0.1) is 11.6 Å². The van der Waals surface area contributed by atoms with Crippen molar-refractivity contribution in [2.75, 3.05) is 6.61 Å². The summed E-state index contributed by atoms with van der Waals surface area (Å²) >= 11 is 0. The fourth-order valence-corrected chi connectivity index (χ4v) is 2.22. The molecule has 0 bridgehead atoms. The van der Waals surface area contributed by atoms with Crippen molar-refractivity contribution in [2.24, 2.45) is 5.84 Å². The van der Waals surface area contributed by atoms with Gasteiger partial charge in [-0.3, -0.25) is 11.3 Å². The Morgan fingerprint density at radius 3 is 2.47 bits per heavy atom. The maximum atomic E-state index is 5.90. The van der Waals surface area contributed by atoms with Gasteiger partial charge in [-0.25, -0.2) is 0 Å². The van der Waals surface area contributed by atoms with Gasteiger partial charge >= 0.3 is 0 Å². The zero-order valence-corrected chi connectivity index (χ0v) is 11.3. The molecule has 3 heteroatoms. The van der Waals surface area contributed by atoms with Crippen molar-refractivity contribution >= 4 is 0 Å². The Bertz CT molecular complexity index is 354. The lowest BCUT2D eigenvalue weighted by atomic mass is 9.86. The van der Waals surface area contributed by atoms with Crippen molar-refractivity contribution in [1.82, 2.24) is 5.43 Å². The van der Waals surface area contributed by atoms with Crippen LogP contribution in [0, 0.1) is 6.92 Å². The van der Waals surface area contributed by atoms with E-state index in [1.165, 1.54) is 11.1 Å². The number of aryl methyl sites for hydroxylation is 1. The highest BCUT2D eigenvalue weighted by Gasteiger charge is 2.34. The SMILES string of the molecule is CCOC(C)(CC)C(NN)c1ccccc1C. The van der Waals surface area contributed by atoms with Gasteiger partial charge in [-0.05, 0) is 38.3 Å². The summed E-state index contributed by atoms with van der Waals surface area (Å²) in [6.45, 7) is 9.03. The lowest BCUT2D eigenvalue weighted by molar-refractivity contribution is -0.0565. The van der Waals surface area contributed by atoms with Crippen LogP contribution in [0.4, 0.5) is 0 Å². The number of nitrogens with two attached hydrogens (primary N) is 1. The highest BCUT2D eigenvalue weighted by atomic mass is 16.5. The summed E-state index contributed by atoms with van der Waals surface area (Å²) in [7, 11) is 0. The Balaban J connectivity index is 3.09. The zero-order valence-electron chi connectivity index (χ0n) is 11.3. The third-order valence-corrected chi connectivity index (χ3v) is 3.45. The van der Waals surface area contributed by atoms with Crippen LogP contribution in [0.3, 0.4) is 0 Å². The molecule has 0 aliphatic carbocycles. The molecule has 0 fully saturated rings. The van der Waals surface area contributed by atoms with E-state index in [4.69, 9.17) is 10.6 Å². The first-order chi connectivity index (χ1) is 8.09. The summed E-state index contributed by atoms with van der Waals surface area (Å²) in [5.74, 6) is 5.74. The van der Waals surface area contributed by atoms with E-state index in [-0.39, 0.29) is 11.6 Å². The minimum Gasteiger partial charge on any atom is -0.374 e. The minimum absolute atomic E-state index is 0.00801. The second kappa shape index (κ2) is 6.15. The minimum atomic E-state index is -0.282. The molecule has 2 atom stereocenters. The van der Waals surface area contributed by atoms with Crippen LogP contribution in [-0.2, 0) is 4.74 Å². The lowest BCUT2D eigenvalue weighted by Crippen LogP contribution is -2.46. The molecule has 3 N–H and O–H groups in total. The quantitative estimate of drug-likeness (QED) is 0.589. The van der Waals surface area contributed by atoms with Gasteiger partial charge in [0.15, 0.2) is 0 Å². The average molecular weight is 236 g/mol. The molecule has 1 rings (SSSR count). The number of ether oxygens (including phenoxy) is 1. The lowest BCUT2D eigenvalue weighted by Gasteiger charge is -2.37. The van der Waals surface area contributed by atoms with Crippen LogP contribution in [0.2, 0.25) is 0 Å². The first-order valence-corrected chi connectivity index (χ1v) is 6.24. The summed E-state index contributed by atoms with van der Waals surface area (Å²) < 4.78 is 5.90. The van der Waals surface area contributed by atoms with Crippen LogP contribution >= 0.6 is 0 Å². The molecule has 1 aromatic carbocycles. The van der Waals surface area contributed by atoms with Crippen molar-refractivity contribution in [3.8, 4) is 0 Å². The van der Waals surface area contributed by atoms with Crippen LogP contribution in [0.25, 0.3) is 0 Å². The molecule has 0 amide bonds. The molecule has 0 saturated heterocycles. The van der Waals surface area contributed by atoms with E-state index >= 15 is 0 Å². The Kier molecular flexibility index (Phi) is 5.12. The monoisotopic (exact) mass is 236 g/mol. The van der Waals surface area contributed by atoms with Gasteiger partial charge in [-0.2, -0.15) is 0 Å². The van der Waals surface area contributed by atoms with Crippen molar-refractivity contribution in [3.05, 3.63) is 35.4 Å². The highest BCUT2D eigenvalue weighted by molar-refractivity contribution is 5.30. The Morgan fingerprint density at radius 2 is 2.00 bits per heavy atom. The smallest absolute Gasteiger partial charge is 0.0858 e. The van der Waals surface area contributed by atoms with E-state index in [2.05, 4.69) is 38.3 Å². The van der Waals surface area contributed by atoms with E-state index in [0.717, 1.165) is 6.42 Å². The molecule has 0 aliphatic rings. The van der Waals surface area contributed by atoms with E-state index in [1.807, 2.05) is 19.1 Å². The molecule has 0 spiro atoms. The summed E-state index contributed by atoms with van der Waals surface area (Å²) in [5.41, 5.74) is 5.06. The maximum Gasteiger partial charge on any atom is 0.0858 e. The fourth-order valence-electron chi connectivity index (χ4n) is 2.22. The number of hydrogen-bond donors (Lipinski definition) is 2. The second-order valence-corrected chi connectivity index (χ2v) is 4.56. The van der Waals surface area contributed by atoms with Gasteiger partial charge in [0.25, 0.3) is 0 Å². The molecular weight excluding hydrogens is 212 g/mol. The predicted molar refractivity (Wildman–Crippen MR) is 71.6 cm³/mol. The summed E-state index contributed by atoms with van der Waals surface area (Å²) in [6.07, 6.45) is 0.907. The Labute approximate surface area is 104 Å². The molecule has 0 aliphatic heterocycles. The van der Waals surface area contributed by atoms with Gasteiger partial charge in [0.1, 0.15) is 0 Å². The topological polar surface area (TPSA) is 47.3 Å². The van der Waals surface area contributed by atoms with Crippen molar-refractivity contribution in [2.45, 2.75) is 45.8 Å². The third kappa shape index (κ3) is 3.06. The van der Waals surface area contributed by atoms with Gasteiger partial charge in [-0.15, -0.1) is 0 Å². The molecule has 0 heterocycles. The number of hydrogen-bond acceptors (Lipinski definition) is 3. The summed E-state index contributed by atoms with van der Waals surface area (Å²) in [4.78, 5) is 0. The molecular formula is C14H24N2O. The van der Waals surface area contributed by atoms with Crippen molar-refractivity contribution in [3.63, 3.8) is 0 Å². The number of hydrazine groups is 1. The van der Waals surface area contributed by atoms with Gasteiger partial charge in [0, 0.05) is 6.61 Å². The molecule has 0 radical (unpaired) electrons. The van der Waals surface area contributed by atoms with E-state index in [0.29, 0.717) is 6.61 Å². The maximum absolute atomic E-state index is 5.90. The van der Waals surface area contributed by atoms with Gasteiger partial charge in [-0.1, -0.05) is 31.2 Å². The van der Waals surface area contributed by atoms with E-state index in [9.17, 15) is 0 Å². The van der Waals surface area contributed by atoms with Crippen molar-refractivity contribution in [1.29, 1.82) is 0 Å². The highest BCUT2D eigenvalue weighted by Crippen LogP contribution is 2.33. The Hall–Kier alpha value is -0.900. The average Bonchev–Trinajstić information content (AvgIpc) is 2.33. The van der Waals surface area contributed by atoms with Gasteiger partial charge < -0.3 is 4.74 Å². The van der Waals surface area contributed by atoms with Crippen LogP contribution in [-0.4, -0.2) is 12.2 Å². The standard InChI is InChI=1S/C14H24N2O/c1-5-14(4,17-6-2)13(16-15)12-10-8-7-9-11(12)3/h7-10,13,16H,5-6,15H2,1-4H3. The van der Waals surface area contributed by atoms with Crippen molar-refractivity contribution < 1.29 is 4.74 Å². The first-order valence-electron chi connectivity index (χ1n) is 6.24. The van der Waals surface area contributed by atoms with E-state index in [1.54, 1.807) is 0 Å². The molecule has 17 heavy (non-hydrogen) atoms. The van der Waals surface area contributed by atoms with Crippen LogP contribution in [0.15, 0.2) is 24.3 Å². The summed E-state index contributed by atoms with van der Waals surface area (Å²) in [5, 5.41) is 0. The molecule has 3 nitrogen and oxygen atoms in total. The predicted octanol–water partition coefficient (Wildman–Crippen LogP) is 2.70. The molecule has 96 valence electrons. The molecule has 0 aromatic heterocycles. The van der Waals surface area contributed by atoms with Crippen LogP contribution < -0.4 is 11.3 Å². The fraction of sp³-hybridized carbons (Fsp3) is 0.571. The molecule has 2 unspecified atom stereocenters. The number of benzene rings is 1. The largest absolute Gasteiger partial charge is 0.374 e. The molecule has 0 saturated carbocycles. The second-order valence-electron chi connectivity index (χ2n) is 4.56. The Morgan fingerprint density at radius 1 is 1.35 bits per heavy atom. The van der Waals surface area contributed by atoms with Gasteiger partial charge in [0.2, 0.25) is 0 Å². The number of rotatable bonds is 6. The normalized spacial score (nSPS) is 16.5.